The molecule has 0 aliphatic carbocycles. The second-order valence-electron chi connectivity index (χ2n) is 7.80. The Morgan fingerprint density at radius 1 is 1.09 bits per heavy atom. The number of ether oxygens (including phenoxy) is 2. The standard InChI is InChI=1S/C23H23F3N4O3/c1-32-20-12-9-18(13-16-5-3-2-4-6-16)29(15-20)22(31)30-27-14-21(28-30)17-7-10-19(11-8-17)33-23(24,25)26/h2-8,10-11,14,18,20H,9,12-13,15H2,1H3/t18-,20+/m1/s1. The highest BCUT2D eigenvalue weighted by molar-refractivity contribution is 5.76. The van der Waals surface area contributed by atoms with E-state index in [2.05, 4.69) is 14.9 Å². The summed E-state index contributed by atoms with van der Waals surface area (Å²) < 4.78 is 46.4. The molecule has 2 aromatic carbocycles. The van der Waals surface area contributed by atoms with Crippen LogP contribution in [0.2, 0.25) is 0 Å². The maximum atomic E-state index is 13.3. The Morgan fingerprint density at radius 3 is 2.48 bits per heavy atom. The molecule has 0 N–H and O–H groups in total. The molecule has 10 heteroatoms. The molecule has 1 saturated heterocycles. The molecule has 1 amide bonds. The monoisotopic (exact) mass is 460 g/mol. The number of benzene rings is 2. The van der Waals surface area contributed by atoms with Crippen LogP contribution in [0.1, 0.15) is 18.4 Å². The number of methoxy groups -OCH3 is 1. The third-order valence-electron chi connectivity index (χ3n) is 5.60. The lowest BCUT2D eigenvalue weighted by Crippen LogP contribution is -2.52. The normalized spacial score (nSPS) is 18.8. The summed E-state index contributed by atoms with van der Waals surface area (Å²) >= 11 is 0. The number of nitrogens with zero attached hydrogens (tertiary/aromatic N) is 4. The molecule has 3 aromatic rings. The lowest BCUT2D eigenvalue weighted by atomic mass is 9.94. The van der Waals surface area contributed by atoms with Crippen molar-refractivity contribution in [2.45, 2.75) is 37.8 Å². The van der Waals surface area contributed by atoms with Crippen molar-refractivity contribution in [3.8, 4) is 17.0 Å². The van der Waals surface area contributed by atoms with Gasteiger partial charge < -0.3 is 14.4 Å². The molecule has 0 bridgehead atoms. The number of piperidine rings is 1. The molecule has 0 unspecified atom stereocenters. The fourth-order valence-corrected chi connectivity index (χ4v) is 3.95. The van der Waals surface area contributed by atoms with Gasteiger partial charge in [0.15, 0.2) is 0 Å². The van der Waals surface area contributed by atoms with Gasteiger partial charge in [-0.1, -0.05) is 35.1 Å². The zero-order valence-corrected chi connectivity index (χ0v) is 17.9. The van der Waals surface area contributed by atoms with Gasteiger partial charge in [-0.25, -0.2) is 4.79 Å². The Bertz CT molecular complexity index is 1070. The van der Waals surface area contributed by atoms with Crippen LogP contribution in [0.5, 0.6) is 5.75 Å². The summed E-state index contributed by atoms with van der Waals surface area (Å²) in [6.07, 6.45) is -1.09. The summed E-state index contributed by atoms with van der Waals surface area (Å²) in [4.78, 5) is 16.0. The zero-order valence-electron chi connectivity index (χ0n) is 17.9. The maximum absolute atomic E-state index is 13.3. The van der Waals surface area contributed by atoms with E-state index in [1.54, 1.807) is 12.0 Å². The van der Waals surface area contributed by atoms with Crippen LogP contribution >= 0.6 is 0 Å². The van der Waals surface area contributed by atoms with Gasteiger partial charge in [0.1, 0.15) is 11.4 Å². The average Bonchev–Trinajstić information content (AvgIpc) is 3.29. The Hall–Kier alpha value is -3.40. The van der Waals surface area contributed by atoms with Gasteiger partial charge >= 0.3 is 12.4 Å². The highest BCUT2D eigenvalue weighted by Gasteiger charge is 2.34. The first kappa shape index (κ1) is 22.8. The molecule has 0 saturated carbocycles. The van der Waals surface area contributed by atoms with E-state index in [9.17, 15) is 18.0 Å². The summed E-state index contributed by atoms with van der Waals surface area (Å²) in [6.45, 7) is 0.424. The number of amides is 1. The molecule has 33 heavy (non-hydrogen) atoms. The van der Waals surface area contributed by atoms with Gasteiger partial charge in [-0.15, -0.1) is 18.3 Å². The van der Waals surface area contributed by atoms with E-state index in [0.29, 0.717) is 24.2 Å². The topological polar surface area (TPSA) is 69.5 Å². The van der Waals surface area contributed by atoms with Gasteiger partial charge in [-0.05, 0) is 49.1 Å². The summed E-state index contributed by atoms with van der Waals surface area (Å²) in [5, 5.41) is 8.37. The number of likely N-dealkylation sites (tertiary alicyclic amines) is 1. The number of halogens is 3. The number of carbonyl (C=O) groups excluding carboxylic acids is 1. The van der Waals surface area contributed by atoms with E-state index in [1.807, 2.05) is 30.3 Å². The molecule has 0 radical (unpaired) electrons. The number of hydrogen-bond acceptors (Lipinski definition) is 5. The van der Waals surface area contributed by atoms with Crippen LogP contribution in [0, 0.1) is 0 Å². The van der Waals surface area contributed by atoms with Crippen LogP contribution in [-0.2, 0) is 11.2 Å². The predicted molar refractivity (Wildman–Crippen MR) is 114 cm³/mol. The van der Waals surface area contributed by atoms with Gasteiger partial charge in [0.2, 0.25) is 0 Å². The smallest absolute Gasteiger partial charge is 0.406 e. The van der Waals surface area contributed by atoms with Crippen LogP contribution in [0.25, 0.3) is 11.3 Å². The second kappa shape index (κ2) is 9.62. The summed E-state index contributed by atoms with van der Waals surface area (Å²) in [7, 11) is 1.63. The van der Waals surface area contributed by atoms with Crippen molar-refractivity contribution in [1.82, 2.24) is 19.9 Å². The van der Waals surface area contributed by atoms with Gasteiger partial charge in [-0.2, -0.15) is 5.10 Å². The van der Waals surface area contributed by atoms with Crippen molar-refractivity contribution in [3.05, 3.63) is 66.4 Å². The van der Waals surface area contributed by atoms with E-state index >= 15 is 0 Å². The molecule has 2 atom stereocenters. The van der Waals surface area contributed by atoms with Crippen molar-refractivity contribution < 1.29 is 27.4 Å². The average molecular weight is 460 g/mol. The van der Waals surface area contributed by atoms with Crippen molar-refractivity contribution in [2.24, 2.45) is 0 Å². The molecule has 0 spiro atoms. The fourth-order valence-electron chi connectivity index (χ4n) is 3.95. The Labute approximate surface area is 188 Å². The maximum Gasteiger partial charge on any atom is 0.573 e. The van der Waals surface area contributed by atoms with E-state index in [1.165, 1.54) is 30.5 Å². The first-order valence-corrected chi connectivity index (χ1v) is 10.5. The minimum Gasteiger partial charge on any atom is -0.406 e. The summed E-state index contributed by atoms with van der Waals surface area (Å²) in [5.74, 6) is -0.336. The zero-order chi connectivity index (χ0) is 23.4. The van der Waals surface area contributed by atoms with E-state index < -0.39 is 6.36 Å². The summed E-state index contributed by atoms with van der Waals surface area (Å²) in [5.41, 5.74) is 2.01. The fraction of sp³-hybridized carbons (Fsp3) is 0.348. The van der Waals surface area contributed by atoms with E-state index in [0.717, 1.165) is 23.2 Å². The number of hydrogen-bond donors (Lipinski definition) is 0. The van der Waals surface area contributed by atoms with Crippen molar-refractivity contribution in [1.29, 1.82) is 0 Å². The van der Waals surface area contributed by atoms with Crippen LogP contribution in [0.15, 0.2) is 60.8 Å². The highest BCUT2D eigenvalue weighted by Crippen LogP contribution is 2.26. The summed E-state index contributed by atoms with van der Waals surface area (Å²) in [6, 6.07) is 14.8. The van der Waals surface area contributed by atoms with Crippen LogP contribution < -0.4 is 4.74 Å². The molecule has 7 nitrogen and oxygen atoms in total. The van der Waals surface area contributed by atoms with E-state index in [-0.39, 0.29) is 23.9 Å². The van der Waals surface area contributed by atoms with Crippen LogP contribution in [0.3, 0.4) is 0 Å². The lowest BCUT2D eigenvalue weighted by molar-refractivity contribution is -0.274. The van der Waals surface area contributed by atoms with E-state index in [4.69, 9.17) is 4.74 Å². The molecule has 1 aromatic heterocycles. The third-order valence-corrected chi connectivity index (χ3v) is 5.60. The molecule has 1 aliphatic heterocycles. The number of aromatic nitrogens is 3. The molecule has 4 rings (SSSR count). The highest BCUT2D eigenvalue weighted by atomic mass is 19.4. The van der Waals surface area contributed by atoms with Crippen molar-refractivity contribution in [2.75, 3.05) is 13.7 Å². The van der Waals surface area contributed by atoms with Gasteiger partial charge in [0.25, 0.3) is 0 Å². The van der Waals surface area contributed by atoms with Crippen LogP contribution in [-0.4, -0.2) is 58.1 Å². The minimum atomic E-state index is -4.76. The third kappa shape index (κ3) is 5.70. The van der Waals surface area contributed by atoms with Crippen LogP contribution in [0.4, 0.5) is 18.0 Å². The van der Waals surface area contributed by atoms with Crippen molar-refractivity contribution >= 4 is 6.03 Å². The number of alkyl halides is 3. The molecular weight excluding hydrogens is 437 g/mol. The minimum absolute atomic E-state index is 0.0282. The van der Waals surface area contributed by atoms with Crippen molar-refractivity contribution in [3.63, 3.8) is 0 Å². The Morgan fingerprint density at radius 2 is 1.82 bits per heavy atom. The second-order valence-corrected chi connectivity index (χ2v) is 7.80. The quantitative estimate of drug-likeness (QED) is 0.560. The Balaban J connectivity index is 1.51. The number of rotatable bonds is 5. The van der Waals surface area contributed by atoms with Gasteiger partial charge in [-0.3, -0.25) is 0 Å². The lowest BCUT2D eigenvalue weighted by Gasteiger charge is -2.38. The predicted octanol–water partition coefficient (Wildman–Crippen LogP) is 4.53. The molecule has 1 fully saturated rings. The number of carbonyl (C=O) groups is 1. The Kier molecular flexibility index (Phi) is 6.64. The first-order chi connectivity index (χ1) is 15.8. The SMILES string of the molecule is CO[C@H]1CC[C@H](Cc2ccccc2)N(C(=O)n2ncc(-c3ccc(OC(F)(F)F)cc3)n2)C1. The van der Waals surface area contributed by atoms with Gasteiger partial charge in [0, 0.05) is 25.3 Å². The molecular formula is C23H23F3N4O3. The first-order valence-electron chi connectivity index (χ1n) is 10.5. The molecule has 2 heterocycles. The molecule has 174 valence electrons. The van der Waals surface area contributed by atoms with Gasteiger partial charge in [0.05, 0.1) is 12.3 Å². The molecule has 1 aliphatic rings. The largest absolute Gasteiger partial charge is 0.573 e.